The number of piperidine rings is 1. The number of aliphatic carboxylic acids is 1. The number of halogens is 7. The minimum absolute atomic E-state index is 0.0138. The number of nitrogens with zero attached hydrogens (tertiary/aromatic N) is 1. The lowest BCUT2D eigenvalue weighted by Crippen LogP contribution is -2.48. The Balaban J connectivity index is 1.47. The maximum absolute atomic E-state index is 15.4. The van der Waals surface area contributed by atoms with Crippen molar-refractivity contribution in [2.24, 2.45) is 17.8 Å². The molecule has 2 aliphatic heterocycles. The first-order chi connectivity index (χ1) is 18.7. The Hall–Kier alpha value is -2.56. The molecule has 0 radical (unpaired) electrons. The number of carboxylic acid groups (broad SMARTS) is 1. The monoisotopic (exact) mass is 575 g/mol. The van der Waals surface area contributed by atoms with Crippen LogP contribution in [0.3, 0.4) is 0 Å². The van der Waals surface area contributed by atoms with Crippen molar-refractivity contribution in [1.29, 1.82) is 0 Å². The Bertz CT molecular complexity index is 1250. The maximum atomic E-state index is 15.4. The molecule has 2 saturated carbocycles. The number of rotatable bonds is 5. The van der Waals surface area contributed by atoms with E-state index in [4.69, 9.17) is 4.74 Å². The van der Waals surface area contributed by atoms with E-state index in [1.54, 1.807) is 6.92 Å². The van der Waals surface area contributed by atoms with Gasteiger partial charge in [-0.2, -0.15) is 26.3 Å². The zero-order valence-electron chi connectivity index (χ0n) is 22.0. The van der Waals surface area contributed by atoms with Crippen LogP contribution in [0, 0.1) is 23.6 Å². The Morgan fingerprint density at radius 1 is 1.02 bits per heavy atom. The van der Waals surface area contributed by atoms with Crippen LogP contribution in [0.25, 0.3) is 10.8 Å². The summed E-state index contributed by atoms with van der Waals surface area (Å²) in [5.41, 5.74) is -0.986. The molecule has 40 heavy (non-hydrogen) atoms. The van der Waals surface area contributed by atoms with Crippen LogP contribution < -0.4 is 4.74 Å². The molecular weight excluding hydrogens is 543 g/mol. The van der Waals surface area contributed by atoms with Crippen molar-refractivity contribution < 1.29 is 45.4 Å². The average molecular weight is 576 g/mol. The molecule has 11 heteroatoms. The highest BCUT2D eigenvalue weighted by Gasteiger charge is 2.45. The van der Waals surface area contributed by atoms with Gasteiger partial charge in [-0.1, -0.05) is 12.5 Å². The van der Waals surface area contributed by atoms with Crippen LogP contribution >= 0.6 is 0 Å². The summed E-state index contributed by atoms with van der Waals surface area (Å²) in [5, 5.41) is 9.45. The molecule has 4 atom stereocenters. The summed E-state index contributed by atoms with van der Waals surface area (Å²) in [7, 11) is 0. The first-order valence-electron chi connectivity index (χ1n) is 13.8. The highest BCUT2D eigenvalue weighted by Crippen LogP contribution is 2.46. The Morgan fingerprint density at radius 2 is 1.73 bits per heavy atom. The minimum atomic E-state index is -4.85. The number of benzene rings is 2. The van der Waals surface area contributed by atoms with Gasteiger partial charge >= 0.3 is 18.3 Å². The molecule has 6 rings (SSSR count). The number of carboxylic acids is 1. The van der Waals surface area contributed by atoms with Gasteiger partial charge in [0.15, 0.2) is 0 Å². The number of ether oxygens (including phenoxy) is 1. The Labute approximate surface area is 227 Å². The second kappa shape index (κ2) is 10.7. The minimum Gasteiger partial charge on any atom is -0.490 e. The fourth-order valence-corrected chi connectivity index (χ4v) is 7.05. The molecule has 4 unspecified atom stereocenters. The van der Waals surface area contributed by atoms with Gasteiger partial charge in [0.2, 0.25) is 0 Å². The van der Waals surface area contributed by atoms with Crippen molar-refractivity contribution in [3.05, 3.63) is 41.2 Å². The molecule has 4 fully saturated rings. The quantitative estimate of drug-likeness (QED) is 0.366. The van der Waals surface area contributed by atoms with Gasteiger partial charge in [0, 0.05) is 24.2 Å². The molecule has 1 N–H and O–H groups in total. The molecule has 4 nitrogen and oxygen atoms in total. The van der Waals surface area contributed by atoms with Gasteiger partial charge in [-0.05, 0) is 86.8 Å². The van der Waals surface area contributed by atoms with Gasteiger partial charge < -0.3 is 9.84 Å². The van der Waals surface area contributed by atoms with Crippen molar-refractivity contribution in [3.8, 4) is 5.75 Å². The Morgan fingerprint density at radius 3 is 2.35 bits per heavy atom. The summed E-state index contributed by atoms with van der Waals surface area (Å²) >= 11 is 0. The van der Waals surface area contributed by atoms with Crippen LogP contribution in [0.15, 0.2) is 24.3 Å². The van der Waals surface area contributed by atoms with E-state index in [9.17, 15) is 36.2 Å². The summed E-state index contributed by atoms with van der Waals surface area (Å²) in [6.45, 7) is 2.16. The molecule has 0 spiro atoms. The molecule has 2 bridgehead atoms. The van der Waals surface area contributed by atoms with Crippen LogP contribution in [-0.4, -0.2) is 40.8 Å². The third kappa shape index (κ3) is 5.63. The number of carbonyl (C=O) groups is 1. The number of hydrogen-bond acceptors (Lipinski definition) is 3. The lowest BCUT2D eigenvalue weighted by Gasteiger charge is -2.43. The smallest absolute Gasteiger partial charge is 0.420 e. The van der Waals surface area contributed by atoms with E-state index >= 15 is 4.39 Å². The van der Waals surface area contributed by atoms with Crippen LogP contribution in [0.4, 0.5) is 30.7 Å². The van der Waals surface area contributed by atoms with Crippen molar-refractivity contribution in [2.75, 3.05) is 6.54 Å². The molecule has 0 aromatic heterocycles. The van der Waals surface area contributed by atoms with Crippen LogP contribution in [0.5, 0.6) is 5.75 Å². The highest BCUT2D eigenvalue weighted by molar-refractivity contribution is 5.89. The molecule has 2 aliphatic carbocycles. The second-order valence-corrected chi connectivity index (χ2v) is 11.6. The third-order valence-electron chi connectivity index (χ3n) is 9.20. The highest BCUT2D eigenvalue weighted by atomic mass is 19.4. The summed E-state index contributed by atoms with van der Waals surface area (Å²) in [6, 6.07) is 4.03. The van der Waals surface area contributed by atoms with Gasteiger partial charge in [0.25, 0.3) is 0 Å². The van der Waals surface area contributed by atoms with E-state index in [1.165, 1.54) is 12.1 Å². The lowest BCUT2D eigenvalue weighted by molar-refractivity contribution is -0.185. The van der Waals surface area contributed by atoms with E-state index in [1.807, 2.05) is 4.90 Å². The van der Waals surface area contributed by atoms with Crippen molar-refractivity contribution >= 4 is 16.7 Å². The van der Waals surface area contributed by atoms with Gasteiger partial charge in [-0.3, -0.25) is 9.69 Å². The Kier molecular flexibility index (Phi) is 7.74. The van der Waals surface area contributed by atoms with E-state index in [2.05, 4.69) is 0 Å². The van der Waals surface area contributed by atoms with E-state index < -0.39 is 59.4 Å². The largest absolute Gasteiger partial charge is 0.490 e. The fraction of sp³-hybridized carbons (Fsp3) is 0.621. The molecule has 0 amide bonds. The first-order valence-corrected chi connectivity index (χ1v) is 13.8. The molecule has 2 saturated heterocycles. The van der Waals surface area contributed by atoms with Gasteiger partial charge in [-0.25, -0.2) is 4.39 Å². The number of hydrogen-bond donors (Lipinski definition) is 1. The van der Waals surface area contributed by atoms with Crippen molar-refractivity contribution in [1.82, 2.24) is 4.90 Å². The summed E-state index contributed by atoms with van der Waals surface area (Å²) in [4.78, 5) is 13.8. The zero-order chi connectivity index (χ0) is 29.0. The second-order valence-electron chi connectivity index (χ2n) is 11.6. The van der Waals surface area contributed by atoms with E-state index in [0.29, 0.717) is 13.0 Å². The van der Waals surface area contributed by atoms with Crippen molar-refractivity contribution in [3.63, 3.8) is 0 Å². The molecule has 4 aliphatic rings. The molecule has 2 heterocycles. The number of alkyl halides is 6. The third-order valence-corrected chi connectivity index (χ3v) is 9.20. The van der Waals surface area contributed by atoms with Gasteiger partial charge in [0.05, 0.1) is 17.9 Å². The summed E-state index contributed by atoms with van der Waals surface area (Å²) in [5.74, 6) is -4.06. The maximum Gasteiger partial charge on any atom is 0.420 e. The van der Waals surface area contributed by atoms with E-state index in [0.717, 1.165) is 31.4 Å². The van der Waals surface area contributed by atoms with Crippen LogP contribution in [0.2, 0.25) is 0 Å². The molecular formula is C29H32F7NO3. The van der Waals surface area contributed by atoms with Crippen LogP contribution in [-0.2, 0) is 11.0 Å². The summed E-state index contributed by atoms with van der Waals surface area (Å²) < 4.78 is 104. The zero-order valence-corrected chi connectivity index (χ0v) is 22.0. The van der Waals surface area contributed by atoms with E-state index in [-0.39, 0.29) is 54.0 Å². The molecule has 2 aromatic carbocycles. The van der Waals surface area contributed by atoms with Gasteiger partial charge in [0.1, 0.15) is 17.1 Å². The predicted molar refractivity (Wildman–Crippen MR) is 133 cm³/mol. The SMILES string of the molecule is CC(c1cc2c(C(F)(F)F)c(O[C@H]3CC[C@@H](C(F)(F)F)CC3)ccc2cc1F)N1CC2CCCC1CC2C(=O)O. The normalized spacial score (nSPS) is 28.9. The fourth-order valence-electron chi connectivity index (χ4n) is 7.05. The van der Waals surface area contributed by atoms with Crippen LogP contribution in [0.1, 0.15) is 75.5 Å². The van der Waals surface area contributed by atoms with Crippen molar-refractivity contribution in [2.45, 2.75) is 88.8 Å². The average Bonchev–Trinajstić information content (AvgIpc) is 3.21. The topological polar surface area (TPSA) is 49.8 Å². The lowest BCUT2D eigenvalue weighted by atomic mass is 9.81. The first kappa shape index (κ1) is 29.0. The predicted octanol–water partition coefficient (Wildman–Crippen LogP) is 8.13. The number of fused-ring (bicyclic) bond motifs is 5. The standard InChI is InChI=1S/C29H32F7NO3/c1-15(37-14-17-3-2-4-19(37)12-23(17)27(38)39)21-13-22-16(11-24(21)30)5-10-25(26(22)29(34,35)36)40-20-8-6-18(7-9-20)28(31,32)33/h5,10-11,13,15,17-20,23H,2-4,6-9,12,14H2,1H3,(H,38,39)/t15?,17?,18-,19?,20+,23?. The van der Waals surface area contributed by atoms with Gasteiger partial charge in [-0.15, -0.1) is 0 Å². The molecule has 220 valence electrons. The summed E-state index contributed by atoms with van der Waals surface area (Å²) in [6.07, 6.45) is -7.70. The molecule has 2 aromatic rings.